The van der Waals surface area contributed by atoms with Crippen LogP contribution in [0.1, 0.15) is 22.9 Å². The third kappa shape index (κ3) is 3.29. The van der Waals surface area contributed by atoms with Crippen LogP contribution in [0.15, 0.2) is 61.1 Å². The Bertz CT molecular complexity index is 1030. The lowest BCUT2D eigenvalue weighted by atomic mass is 10.0. The average Bonchev–Trinajstić information content (AvgIpc) is 3.31. The first-order valence-corrected chi connectivity index (χ1v) is 9.31. The molecule has 0 unspecified atom stereocenters. The summed E-state index contributed by atoms with van der Waals surface area (Å²) in [5.41, 5.74) is 3.63. The number of pyridine rings is 1. The van der Waals surface area contributed by atoms with Crippen LogP contribution in [-0.2, 0) is 0 Å². The highest BCUT2D eigenvalue weighted by Crippen LogP contribution is 2.41. The third-order valence-corrected chi connectivity index (χ3v) is 5.59. The van der Waals surface area contributed by atoms with E-state index < -0.39 is 6.10 Å². The minimum atomic E-state index is -0.764. The number of aliphatic hydroxyl groups excluding tert-OH is 1. The van der Waals surface area contributed by atoms with Gasteiger partial charge in [-0.1, -0.05) is 23.7 Å². The first kappa shape index (κ1) is 17.0. The Hall–Kier alpha value is -2.47. The van der Waals surface area contributed by atoms with Crippen LogP contribution in [0.2, 0.25) is 5.02 Å². The first-order chi connectivity index (χ1) is 12.6. The molecule has 0 saturated heterocycles. The van der Waals surface area contributed by atoms with Gasteiger partial charge in [-0.15, -0.1) is 11.3 Å². The third-order valence-electron chi connectivity index (χ3n) is 4.14. The summed E-state index contributed by atoms with van der Waals surface area (Å²) in [6.45, 7) is 1.97. The summed E-state index contributed by atoms with van der Waals surface area (Å²) < 4.78 is 0. The number of nitrogens with zero attached hydrogens (tertiary/aromatic N) is 2. The predicted molar refractivity (Wildman–Crippen MR) is 105 cm³/mol. The standard InChI is InChI=1S/C20H16ClN3OS/c1-12-10-14(6-7-22-12)17-11-16(19(26-17)20-23-8-9-24-20)18(25)13-2-4-15(21)5-3-13/h2-11,18,25H,1H3,(H,23,24)/t18-/m0/s1. The molecule has 3 heterocycles. The molecule has 4 rings (SSSR count). The molecule has 2 N–H and O–H groups in total. The second-order valence-corrected chi connectivity index (χ2v) is 7.46. The van der Waals surface area contributed by atoms with E-state index >= 15 is 0 Å². The molecule has 130 valence electrons. The van der Waals surface area contributed by atoms with Gasteiger partial charge in [0.15, 0.2) is 0 Å². The van der Waals surface area contributed by atoms with Gasteiger partial charge in [0.05, 0.1) is 4.88 Å². The molecule has 4 aromatic rings. The zero-order valence-corrected chi connectivity index (χ0v) is 15.6. The molecule has 0 aliphatic rings. The van der Waals surface area contributed by atoms with Gasteiger partial charge in [0, 0.05) is 39.7 Å². The lowest BCUT2D eigenvalue weighted by Crippen LogP contribution is -1.99. The van der Waals surface area contributed by atoms with Crippen LogP contribution in [0.4, 0.5) is 0 Å². The van der Waals surface area contributed by atoms with Gasteiger partial charge in [0.25, 0.3) is 0 Å². The number of hydrogen-bond donors (Lipinski definition) is 2. The number of benzene rings is 1. The number of H-pyrrole nitrogens is 1. The number of nitrogens with one attached hydrogen (secondary N) is 1. The Balaban J connectivity index is 1.83. The minimum Gasteiger partial charge on any atom is -0.384 e. The van der Waals surface area contributed by atoms with Crippen LogP contribution in [0, 0.1) is 6.92 Å². The lowest BCUT2D eigenvalue weighted by molar-refractivity contribution is 0.221. The zero-order valence-electron chi connectivity index (χ0n) is 14.0. The minimum absolute atomic E-state index is 0.644. The summed E-state index contributed by atoms with van der Waals surface area (Å²) in [6.07, 6.45) is 4.53. The zero-order chi connectivity index (χ0) is 18.1. The van der Waals surface area contributed by atoms with E-state index in [0.717, 1.165) is 38.0 Å². The fourth-order valence-corrected chi connectivity index (χ4v) is 4.12. The van der Waals surface area contributed by atoms with E-state index in [-0.39, 0.29) is 0 Å². The number of thiophene rings is 1. The highest BCUT2D eigenvalue weighted by Gasteiger charge is 2.21. The molecule has 0 bridgehead atoms. The Labute approximate surface area is 160 Å². The fourth-order valence-electron chi connectivity index (χ4n) is 2.85. The number of aryl methyl sites for hydroxylation is 1. The van der Waals surface area contributed by atoms with Gasteiger partial charge in [-0.2, -0.15) is 0 Å². The number of hydrogen-bond acceptors (Lipinski definition) is 4. The van der Waals surface area contributed by atoms with Crippen molar-refractivity contribution in [3.05, 3.63) is 82.9 Å². The SMILES string of the molecule is Cc1cc(-c2cc([C@@H](O)c3ccc(Cl)cc3)c(-c3ncc[nH]3)s2)ccn1. The predicted octanol–water partition coefficient (Wildman–Crippen LogP) is 5.24. The summed E-state index contributed by atoms with van der Waals surface area (Å²) in [5, 5.41) is 11.6. The number of aromatic nitrogens is 3. The number of rotatable bonds is 4. The molecule has 0 aliphatic carbocycles. The molecule has 0 amide bonds. The van der Waals surface area contributed by atoms with E-state index in [4.69, 9.17) is 11.6 Å². The molecule has 0 radical (unpaired) electrons. The Morgan fingerprint density at radius 3 is 2.58 bits per heavy atom. The largest absolute Gasteiger partial charge is 0.384 e. The first-order valence-electron chi connectivity index (χ1n) is 8.12. The van der Waals surface area contributed by atoms with Crippen molar-refractivity contribution in [3.63, 3.8) is 0 Å². The van der Waals surface area contributed by atoms with Crippen LogP contribution in [0.3, 0.4) is 0 Å². The van der Waals surface area contributed by atoms with Crippen molar-refractivity contribution in [2.45, 2.75) is 13.0 Å². The van der Waals surface area contributed by atoms with Gasteiger partial charge in [-0.3, -0.25) is 4.98 Å². The molecule has 1 aromatic carbocycles. The molecule has 0 aliphatic heterocycles. The van der Waals surface area contributed by atoms with Crippen molar-refractivity contribution < 1.29 is 5.11 Å². The monoisotopic (exact) mass is 381 g/mol. The number of halogens is 1. The molecule has 0 saturated carbocycles. The van der Waals surface area contributed by atoms with E-state index in [1.807, 2.05) is 37.3 Å². The van der Waals surface area contributed by atoms with E-state index in [2.05, 4.69) is 15.0 Å². The van der Waals surface area contributed by atoms with Crippen molar-refractivity contribution in [1.29, 1.82) is 0 Å². The molecule has 4 nitrogen and oxygen atoms in total. The quantitative estimate of drug-likeness (QED) is 0.508. The molecule has 26 heavy (non-hydrogen) atoms. The second-order valence-electron chi connectivity index (χ2n) is 5.97. The van der Waals surface area contributed by atoms with Crippen LogP contribution < -0.4 is 0 Å². The van der Waals surface area contributed by atoms with Crippen molar-refractivity contribution in [3.8, 4) is 21.1 Å². The topological polar surface area (TPSA) is 61.8 Å². The lowest BCUT2D eigenvalue weighted by Gasteiger charge is -2.11. The maximum atomic E-state index is 11.0. The van der Waals surface area contributed by atoms with Crippen LogP contribution in [0.5, 0.6) is 0 Å². The van der Waals surface area contributed by atoms with E-state index in [0.29, 0.717) is 5.02 Å². The van der Waals surface area contributed by atoms with Crippen molar-refractivity contribution in [2.75, 3.05) is 0 Å². The fraction of sp³-hybridized carbons (Fsp3) is 0.100. The number of imidazole rings is 1. The molecule has 0 fully saturated rings. The summed E-state index contributed by atoms with van der Waals surface area (Å²) in [5.74, 6) is 0.745. The number of aromatic amines is 1. The maximum absolute atomic E-state index is 11.0. The van der Waals surface area contributed by atoms with Crippen molar-refractivity contribution >= 4 is 22.9 Å². The maximum Gasteiger partial charge on any atom is 0.147 e. The molecule has 6 heteroatoms. The van der Waals surface area contributed by atoms with Crippen LogP contribution >= 0.6 is 22.9 Å². The van der Waals surface area contributed by atoms with E-state index in [9.17, 15) is 5.11 Å². The molecular weight excluding hydrogens is 366 g/mol. The molecule has 3 aromatic heterocycles. The summed E-state index contributed by atoms with van der Waals surface area (Å²) >= 11 is 7.57. The molecular formula is C20H16ClN3OS. The molecule has 1 atom stereocenters. The highest BCUT2D eigenvalue weighted by molar-refractivity contribution is 7.19. The number of aliphatic hydroxyl groups is 1. The van der Waals surface area contributed by atoms with Gasteiger partial charge in [0.2, 0.25) is 0 Å². The summed E-state index contributed by atoms with van der Waals surface area (Å²) in [6, 6.07) is 13.3. The molecule has 0 spiro atoms. The van der Waals surface area contributed by atoms with Gasteiger partial charge in [-0.05, 0) is 48.4 Å². The normalized spacial score (nSPS) is 12.3. The second kappa shape index (κ2) is 7.03. The van der Waals surface area contributed by atoms with Gasteiger partial charge >= 0.3 is 0 Å². The Kier molecular flexibility index (Phi) is 4.59. The smallest absolute Gasteiger partial charge is 0.147 e. The van der Waals surface area contributed by atoms with Gasteiger partial charge < -0.3 is 10.1 Å². The van der Waals surface area contributed by atoms with Gasteiger partial charge in [0.1, 0.15) is 11.9 Å². The van der Waals surface area contributed by atoms with Crippen molar-refractivity contribution in [2.24, 2.45) is 0 Å². The van der Waals surface area contributed by atoms with Gasteiger partial charge in [-0.25, -0.2) is 4.98 Å². The Morgan fingerprint density at radius 2 is 1.88 bits per heavy atom. The summed E-state index contributed by atoms with van der Waals surface area (Å²) in [4.78, 5) is 13.8. The highest BCUT2D eigenvalue weighted by atomic mass is 35.5. The van der Waals surface area contributed by atoms with Crippen LogP contribution in [0.25, 0.3) is 21.1 Å². The van der Waals surface area contributed by atoms with Crippen molar-refractivity contribution in [1.82, 2.24) is 15.0 Å². The van der Waals surface area contributed by atoms with E-state index in [1.165, 1.54) is 0 Å². The van der Waals surface area contributed by atoms with E-state index in [1.54, 1.807) is 42.1 Å². The summed E-state index contributed by atoms with van der Waals surface area (Å²) in [7, 11) is 0. The average molecular weight is 382 g/mol. The van der Waals surface area contributed by atoms with Crippen LogP contribution in [-0.4, -0.2) is 20.1 Å². The Morgan fingerprint density at radius 1 is 1.08 bits per heavy atom.